The molecule has 0 radical (unpaired) electrons. The molecule has 5 rings (SSSR count). The highest BCUT2D eigenvalue weighted by Gasteiger charge is 2.78. The quantitative estimate of drug-likeness (QED) is 0.158. The van der Waals surface area contributed by atoms with Gasteiger partial charge in [-0.25, -0.2) is 14.4 Å². The van der Waals surface area contributed by atoms with Crippen molar-refractivity contribution >= 4 is 35.8 Å². The molecule has 1 heterocycles. The maximum Gasteiger partial charge on any atom is 0.408 e. The fourth-order valence-corrected chi connectivity index (χ4v) is 9.59. The number of esters is 4. The van der Waals surface area contributed by atoms with Crippen LogP contribution in [0.4, 0.5) is 4.79 Å². The van der Waals surface area contributed by atoms with Crippen molar-refractivity contribution in [3.63, 3.8) is 0 Å². The summed E-state index contributed by atoms with van der Waals surface area (Å²) in [6.07, 6.45) is -9.99. The van der Waals surface area contributed by atoms with Gasteiger partial charge in [-0.3, -0.25) is 14.4 Å². The molecule has 0 aromatic heterocycles. The Kier molecular flexibility index (Phi) is 12.6. The Morgan fingerprint density at radius 3 is 2.17 bits per heavy atom. The van der Waals surface area contributed by atoms with Gasteiger partial charge in [0, 0.05) is 32.1 Å². The number of fused-ring (bicyclic) bond motifs is 5. The third kappa shape index (κ3) is 8.23. The molecule has 1 aliphatic heterocycles. The number of Topliss-reactive ketones (excluding diaryl/α,β-unsaturated/α-hetero) is 1. The summed E-state index contributed by atoms with van der Waals surface area (Å²) in [7, 11) is 0. The maximum atomic E-state index is 15.4. The summed E-state index contributed by atoms with van der Waals surface area (Å²) in [5.74, 6) is -6.26. The zero-order valence-electron chi connectivity index (χ0n) is 36.4. The average molecular weight is 842 g/mol. The lowest BCUT2D eigenvalue weighted by molar-refractivity contribution is -0.346. The molecule has 3 aliphatic carbocycles. The van der Waals surface area contributed by atoms with Crippen molar-refractivity contribution in [2.45, 2.75) is 155 Å². The van der Waals surface area contributed by atoms with Crippen LogP contribution in [0.3, 0.4) is 0 Å². The lowest BCUT2D eigenvalue weighted by Crippen LogP contribution is -2.82. The van der Waals surface area contributed by atoms with Crippen molar-refractivity contribution in [2.75, 3.05) is 6.61 Å². The number of carbonyl (C=O) groups excluding carboxylic acids is 6. The first kappa shape index (κ1) is 46.4. The van der Waals surface area contributed by atoms with Crippen molar-refractivity contribution in [2.24, 2.45) is 16.7 Å². The van der Waals surface area contributed by atoms with E-state index in [1.807, 2.05) is 0 Å². The summed E-state index contributed by atoms with van der Waals surface area (Å²) in [6.45, 7) is 18.0. The molecule has 16 nitrogen and oxygen atoms in total. The zero-order valence-corrected chi connectivity index (χ0v) is 36.4. The number of aliphatic hydroxyl groups is 3. The minimum Gasteiger partial charge on any atom is -0.456 e. The second-order valence-corrected chi connectivity index (χ2v) is 18.5. The molecule has 2 saturated carbocycles. The number of aliphatic hydroxyl groups excluding tert-OH is 2. The lowest BCUT2D eigenvalue weighted by atomic mass is 9.44. The lowest BCUT2D eigenvalue weighted by Gasteiger charge is -2.67. The van der Waals surface area contributed by atoms with Crippen LogP contribution in [-0.4, -0.2) is 117 Å². The number of allylic oxidation sites excluding steroid dienone is 1. The summed E-state index contributed by atoms with van der Waals surface area (Å²) in [5, 5.41) is 39.6. The van der Waals surface area contributed by atoms with Crippen LogP contribution in [0, 0.1) is 23.7 Å². The van der Waals surface area contributed by atoms with E-state index in [1.54, 1.807) is 73.6 Å². The molecule has 16 heteroatoms. The molecule has 4 N–H and O–H groups in total. The Morgan fingerprint density at radius 2 is 1.63 bits per heavy atom. The number of amides is 1. The molecule has 1 aromatic carbocycles. The highest BCUT2D eigenvalue weighted by Crippen LogP contribution is 2.64. The number of ketones is 1. The number of rotatable bonds is 9. The fourth-order valence-electron chi connectivity index (χ4n) is 9.59. The smallest absolute Gasteiger partial charge is 0.408 e. The van der Waals surface area contributed by atoms with E-state index < -0.39 is 118 Å². The van der Waals surface area contributed by atoms with Crippen molar-refractivity contribution < 1.29 is 72.5 Å². The molecule has 60 heavy (non-hydrogen) atoms. The molecule has 0 spiro atoms. The largest absolute Gasteiger partial charge is 0.456 e. The van der Waals surface area contributed by atoms with Crippen LogP contribution in [0.25, 0.3) is 0 Å². The van der Waals surface area contributed by atoms with E-state index in [1.165, 1.54) is 26.0 Å². The van der Waals surface area contributed by atoms with Gasteiger partial charge in [0.2, 0.25) is 0 Å². The van der Waals surface area contributed by atoms with Gasteiger partial charge in [0.1, 0.15) is 29.5 Å². The first-order valence-corrected chi connectivity index (χ1v) is 20.1. The van der Waals surface area contributed by atoms with Crippen LogP contribution in [0.2, 0.25) is 0 Å². The number of benzene rings is 1. The standard InChI is InChI=1S/C44H59NO15/c1-21(2)16-27(45-39(53)60-40(7,8)9)32(49)38(52)57-28-19-44(54)36(58-37(51)26-15-13-14-22(3)17-26)34-42(12,29(48)18-30-43(34,20-55-30)59-25(6)47)35(50)33(56-24(5)46)31(23(28)4)41(44,10)11/h13-17,27-30,32-34,36,48-49,54H,18-20H2,1-12H3,(H,45,53)/t27-,28-,29-,30+,32+,33+,34?,36-,42+,43-,44+/m0/s1. The minimum atomic E-state index is -2.39. The Balaban J connectivity index is 1.74. The predicted molar refractivity (Wildman–Crippen MR) is 212 cm³/mol. The predicted octanol–water partition coefficient (Wildman–Crippen LogP) is 3.73. The summed E-state index contributed by atoms with van der Waals surface area (Å²) < 4.78 is 35.5. The second kappa shape index (κ2) is 16.3. The van der Waals surface area contributed by atoms with Crippen molar-refractivity contribution in [3.8, 4) is 0 Å². The summed E-state index contributed by atoms with van der Waals surface area (Å²) in [6, 6.07) is 5.10. The van der Waals surface area contributed by atoms with Gasteiger partial charge in [0.15, 0.2) is 23.6 Å². The Labute approximate surface area is 349 Å². The van der Waals surface area contributed by atoms with Crippen LogP contribution in [0.15, 0.2) is 47.1 Å². The zero-order chi connectivity index (χ0) is 45.1. The number of alkyl carbamates (subject to hydrolysis) is 1. The molecule has 4 aliphatic rings. The van der Waals surface area contributed by atoms with Crippen molar-refractivity contribution in [3.05, 3.63) is 58.2 Å². The second-order valence-electron chi connectivity index (χ2n) is 18.5. The van der Waals surface area contributed by atoms with Crippen LogP contribution in [-0.2, 0) is 47.6 Å². The molecule has 1 aromatic rings. The normalized spacial score (nSPS) is 32.8. The highest BCUT2D eigenvalue weighted by atomic mass is 16.6. The van der Waals surface area contributed by atoms with Crippen molar-refractivity contribution in [1.29, 1.82) is 0 Å². The van der Waals surface area contributed by atoms with E-state index in [0.29, 0.717) is 11.1 Å². The van der Waals surface area contributed by atoms with Gasteiger partial charge < -0.3 is 49.1 Å². The van der Waals surface area contributed by atoms with E-state index in [2.05, 4.69) is 5.32 Å². The molecule has 2 bridgehead atoms. The average Bonchev–Trinajstić information content (AvgIpc) is 3.10. The molecular formula is C44H59NO15. The topological polar surface area (TPSA) is 231 Å². The van der Waals surface area contributed by atoms with Gasteiger partial charge in [-0.05, 0) is 78.7 Å². The summed E-state index contributed by atoms with van der Waals surface area (Å²) in [4.78, 5) is 82.5. The number of nitrogens with one attached hydrogen (secondary N) is 1. The van der Waals surface area contributed by atoms with Crippen LogP contribution in [0.5, 0.6) is 0 Å². The number of hydrogen-bond donors (Lipinski definition) is 4. The van der Waals surface area contributed by atoms with Gasteiger partial charge >= 0.3 is 30.0 Å². The SMILES string of the molecule is CC(=O)O[C@H]1C(=O)[C@@]2(C)C([C@H](OC(=O)c3cccc(C)c3)[C@]3(O)C[C@H](OC(=O)[C@H](O)[C@H](C=C(C)C)NC(=O)OC(C)(C)C)C(C)=C1C3(C)C)[C@]1(OC(C)=O)CO[C@@H]1C[C@@H]2O. The van der Waals surface area contributed by atoms with E-state index >= 15 is 4.79 Å². The van der Waals surface area contributed by atoms with Gasteiger partial charge in [-0.1, -0.05) is 43.2 Å². The van der Waals surface area contributed by atoms with Gasteiger partial charge in [-0.2, -0.15) is 0 Å². The van der Waals surface area contributed by atoms with E-state index in [4.69, 9.17) is 28.4 Å². The van der Waals surface area contributed by atoms with Crippen LogP contribution >= 0.6 is 0 Å². The fraction of sp³-hybridized carbons (Fsp3) is 0.636. The molecular weight excluding hydrogens is 782 g/mol. The first-order chi connectivity index (χ1) is 27.6. The van der Waals surface area contributed by atoms with E-state index in [-0.39, 0.29) is 29.7 Å². The van der Waals surface area contributed by atoms with E-state index in [9.17, 15) is 39.3 Å². The van der Waals surface area contributed by atoms with E-state index in [0.717, 1.165) is 13.8 Å². The van der Waals surface area contributed by atoms with Crippen LogP contribution in [0.1, 0.15) is 105 Å². The number of carbonyl (C=O) groups is 6. The van der Waals surface area contributed by atoms with Gasteiger partial charge in [0.05, 0.1) is 35.6 Å². The Morgan fingerprint density at radius 1 is 0.983 bits per heavy atom. The molecule has 3 fully saturated rings. The maximum absolute atomic E-state index is 15.4. The molecule has 11 atom stereocenters. The van der Waals surface area contributed by atoms with Gasteiger partial charge in [-0.15, -0.1) is 0 Å². The summed E-state index contributed by atoms with van der Waals surface area (Å²) >= 11 is 0. The number of ether oxygens (including phenoxy) is 6. The third-order valence-corrected chi connectivity index (χ3v) is 12.5. The molecule has 1 unspecified atom stereocenters. The first-order valence-electron chi connectivity index (χ1n) is 20.1. The Bertz CT molecular complexity index is 1990. The molecule has 330 valence electrons. The monoisotopic (exact) mass is 841 g/mol. The van der Waals surface area contributed by atoms with Gasteiger partial charge in [0.25, 0.3) is 0 Å². The third-order valence-electron chi connectivity index (χ3n) is 12.5. The minimum absolute atomic E-state index is 0.00605. The Hall–Kier alpha value is -4.64. The number of aryl methyl sites for hydroxylation is 1. The van der Waals surface area contributed by atoms with Crippen molar-refractivity contribution in [1.82, 2.24) is 5.32 Å². The molecule has 1 amide bonds. The highest BCUT2D eigenvalue weighted by molar-refractivity contribution is 5.95. The van der Waals surface area contributed by atoms with Crippen LogP contribution < -0.4 is 5.32 Å². The summed E-state index contributed by atoms with van der Waals surface area (Å²) in [5.41, 5.74) is -7.21. The number of hydrogen-bond acceptors (Lipinski definition) is 15. The molecule has 1 saturated heterocycles.